The Bertz CT molecular complexity index is 1890. The largest absolute Gasteiger partial charge is 0.455 e. The van der Waals surface area contributed by atoms with E-state index < -0.39 is 0 Å². The summed E-state index contributed by atoms with van der Waals surface area (Å²) in [7, 11) is 0. The first kappa shape index (κ1) is 22.5. The highest BCUT2D eigenvalue weighted by molar-refractivity contribution is 6.30. The average Bonchev–Trinajstić information content (AvgIpc) is 3.44. The second-order valence-electron chi connectivity index (χ2n) is 9.34. The molecule has 38 heavy (non-hydrogen) atoms. The Morgan fingerprint density at radius 2 is 1.11 bits per heavy atom. The Kier molecular flexibility index (Phi) is 5.53. The zero-order chi connectivity index (χ0) is 25.5. The Balaban J connectivity index is 1.61. The van der Waals surface area contributed by atoms with Gasteiger partial charge in [-0.15, -0.1) is 0 Å². The van der Waals surface area contributed by atoms with Gasteiger partial charge in [-0.25, -0.2) is 4.98 Å². The maximum Gasteiger partial charge on any atom is 0.146 e. The van der Waals surface area contributed by atoms with E-state index in [0.717, 1.165) is 66.7 Å². The maximum atomic E-state index is 6.67. The van der Waals surface area contributed by atoms with Crippen LogP contribution >= 0.6 is 11.6 Å². The van der Waals surface area contributed by atoms with E-state index in [4.69, 9.17) is 21.0 Å². The predicted molar refractivity (Wildman–Crippen MR) is 158 cm³/mol. The van der Waals surface area contributed by atoms with Crippen molar-refractivity contribution < 1.29 is 4.42 Å². The van der Waals surface area contributed by atoms with Crippen molar-refractivity contribution in [3.8, 4) is 44.8 Å². The van der Waals surface area contributed by atoms with Crippen LogP contribution in [0, 0.1) is 0 Å². The molecule has 0 bridgehead atoms. The Hall–Kier alpha value is -4.66. The standard InChI is InChI=1S/C35H22ClNO/c36-28-18-16-26(17-19-28)33-31-22-32(25-14-8-3-9-15-25)38-35(31)30-21-27(23-10-4-1-5-11-23)20-29(34(30)37-33)24-12-6-2-7-13-24/h1-22H. The minimum Gasteiger partial charge on any atom is -0.455 e. The second kappa shape index (κ2) is 9.33. The molecule has 0 atom stereocenters. The Morgan fingerprint density at radius 1 is 0.500 bits per heavy atom. The van der Waals surface area contributed by atoms with Crippen molar-refractivity contribution in [1.82, 2.24) is 4.98 Å². The molecule has 180 valence electrons. The molecule has 0 saturated carbocycles. The molecule has 7 rings (SSSR count). The predicted octanol–water partition coefficient (Wildman–Crippen LogP) is 10.3. The first-order chi connectivity index (χ1) is 18.7. The number of fused-ring (bicyclic) bond motifs is 3. The second-order valence-corrected chi connectivity index (χ2v) is 9.78. The fraction of sp³-hybridized carbons (Fsp3) is 0. The molecule has 0 saturated heterocycles. The minimum atomic E-state index is 0.695. The number of hydrogen-bond acceptors (Lipinski definition) is 2. The number of halogens is 1. The third-order valence-electron chi connectivity index (χ3n) is 6.93. The van der Waals surface area contributed by atoms with Crippen molar-refractivity contribution in [3.63, 3.8) is 0 Å². The Morgan fingerprint density at radius 3 is 1.76 bits per heavy atom. The lowest BCUT2D eigenvalue weighted by Gasteiger charge is -2.13. The quantitative estimate of drug-likeness (QED) is 0.237. The SMILES string of the molecule is Clc1ccc(-c2nc3c(-c4ccccc4)cc(-c4ccccc4)cc3c3oc(-c4ccccc4)cc23)cc1. The number of pyridine rings is 1. The van der Waals surface area contributed by atoms with Crippen LogP contribution in [0.3, 0.4) is 0 Å². The number of furan rings is 1. The van der Waals surface area contributed by atoms with Gasteiger partial charge >= 0.3 is 0 Å². The summed E-state index contributed by atoms with van der Waals surface area (Å²) >= 11 is 6.24. The van der Waals surface area contributed by atoms with Gasteiger partial charge in [0.1, 0.15) is 11.3 Å². The van der Waals surface area contributed by atoms with Crippen LogP contribution in [-0.4, -0.2) is 4.98 Å². The molecular weight excluding hydrogens is 486 g/mol. The van der Waals surface area contributed by atoms with Gasteiger partial charge in [-0.2, -0.15) is 0 Å². The maximum absolute atomic E-state index is 6.67. The lowest BCUT2D eigenvalue weighted by Crippen LogP contribution is -1.92. The van der Waals surface area contributed by atoms with Crippen molar-refractivity contribution in [2.24, 2.45) is 0 Å². The number of nitrogens with zero attached hydrogens (tertiary/aromatic N) is 1. The van der Waals surface area contributed by atoms with E-state index >= 15 is 0 Å². The van der Waals surface area contributed by atoms with Crippen LogP contribution in [0.4, 0.5) is 0 Å². The van der Waals surface area contributed by atoms with Crippen molar-refractivity contribution in [2.45, 2.75) is 0 Å². The molecule has 0 radical (unpaired) electrons. The van der Waals surface area contributed by atoms with Crippen LogP contribution in [0.2, 0.25) is 5.02 Å². The third kappa shape index (κ3) is 3.96. The molecule has 5 aromatic carbocycles. The van der Waals surface area contributed by atoms with Gasteiger partial charge in [0.2, 0.25) is 0 Å². The zero-order valence-corrected chi connectivity index (χ0v) is 21.2. The van der Waals surface area contributed by atoms with Crippen LogP contribution in [0.25, 0.3) is 66.7 Å². The van der Waals surface area contributed by atoms with Crippen LogP contribution in [-0.2, 0) is 0 Å². The fourth-order valence-corrected chi connectivity index (χ4v) is 5.20. The number of rotatable bonds is 4. The van der Waals surface area contributed by atoms with E-state index in [2.05, 4.69) is 78.9 Å². The van der Waals surface area contributed by atoms with E-state index in [9.17, 15) is 0 Å². The monoisotopic (exact) mass is 507 g/mol. The summed E-state index contributed by atoms with van der Waals surface area (Å²) in [5.41, 5.74) is 9.08. The molecule has 0 fully saturated rings. The normalized spacial score (nSPS) is 11.3. The summed E-state index contributed by atoms with van der Waals surface area (Å²) in [6, 6.07) is 45.5. The van der Waals surface area contributed by atoms with Gasteiger partial charge in [0.25, 0.3) is 0 Å². The fourth-order valence-electron chi connectivity index (χ4n) is 5.07. The van der Waals surface area contributed by atoms with Gasteiger partial charge in [0.05, 0.1) is 11.2 Å². The van der Waals surface area contributed by atoms with E-state index in [1.165, 1.54) is 0 Å². The highest BCUT2D eigenvalue weighted by Crippen LogP contribution is 2.42. The van der Waals surface area contributed by atoms with Crippen LogP contribution in [0.5, 0.6) is 0 Å². The summed E-state index contributed by atoms with van der Waals surface area (Å²) in [6.45, 7) is 0. The molecular formula is C35H22ClNO. The highest BCUT2D eigenvalue weighted by atomic mass is 35.5. The molecule has 0 amide bonds. The van der Waals surface area contributed by atoms with Gasteiger partial charge in [-0.1, -0.05) is 115 Å². The first-order valence-corrected chi connectivity index (χ1v) is 13.0. The van der Waals surface area contributed by atoms with Crippen molar-refractivity contribution in [2.75, 3.05) is 0 Å². The molecule has 0 spiro atoms. The molecule has 2 nitrogen and oxygen atoms in total. The van der Waals surface area contributed by atoms with Crippen LogP contribution < -0.4 is 0 Å². The molecule has 0 unspecified atom stereocenters. The lowest BCUT2D eigenvalue weighted by molar-refractivity contribution is 0.635. The van der Waals surface area contributed by atoms with E-state index in [-0.39, 0.29) is 0 Å². The molecule has 0 aliphatic rings. The van der Waals surface area contributed by atoms with Crippen molar-refractivity contribution in [3.05, 3.63) is 138 Å². The van der Waals surface area contributed by atoms with Gasteiger partial charge in [-0.05, 0) is 47.0 Å². The highest BCUT2D eigenvalue weighted by Gasteiger charge is 2.20. The summed E-state index contributed by atoms with van der Waals surface area (Å²) in [6.07, 6.45) is 0. The smallest absolute Gasteiger partial charge is 0.146 e. The minimum absolute atomic E-state index is 0.695. The topological polar surface area (TPSA) is 26.0 Å². The average molecular weight is 508 g/mol. The molecule has 2 heterocycles. The van der Waals surface area contributed by atoms with Crippen molar-refractivity contribution in [1.29, 1.82) is 0 Å². The molecule has 0 aliphatic heterocycles. The number of aromatic nitrogens is 1. The Labute approximate surface area is 225 Å². The number of benzene rings is 5. The molecule has 3 heteroatoms. The number of hydrogen-bond donors (Lipinski definition) is 0. The van der Waals surface area contributed by atoms with Gasteiger partial charge in [0, 0.05) is 32.5 Å². The molecule has 2 aromatic heterocycles. The van der Waals surface area contributed by atoms with E-state index in [0.29, 0.717) is 5.02 Å². The van der Waals surface area contributed by atoms with E-state index in [1.807, 2.05) is 54.6 Å². The van der Waals surface area contributed by atoms with Gasteiger partial charge < -0.3 is 4.42 Å². The van der Waals surface area contributed by atoms with Crippen molar-refractivity contribution >= 4 is 33.5 Å². The zero-order valence-electron chi connectivity index (χ0n) is 20.4. The molecule has 0 N–H and O–H groups in total. The third-order valence-corrected chi connectivity index (χ3v) is 7.19. The first-order valence-electron chi connectivity index (χ1n) is 12.6. The summed E-state index contributed by atoms with van der Waals surface area (Å²) in [5, 5.41) is 2.66. The van der Waals surface area contributed by atoms with Crippen LogP contribution in [0.1, 0.15) is 0 Å². The van der Waals surface area contributed by atoms with Crippen LogP contribution in [0.15, 0.2) is 138 Å². The summed E-state index contributed by atoms with van der Waals surface area (Å²) in [4.78, 5) is 5.32. The van der Waals surface area contributed by atoms with Gasteiger partial charge in [-0.3, -0.25) is 0 Å². The summed E-state index contributed by atoms with van der Waals surface area (Å²) in [5.74, 6) is 0.816. The lowest BCUT2D eigenvalue weighted by atomic mass is 9.94. The molecule has 7 aromatic rings. The van der Waals surface area contributed by atoms with Gasteiger partial charge in [0.15, 0.2) is 0 Å². The summed E-state index contributed by atoms with van der Waals surface area (Å²) < 4.78 is 6.67. The molecule has 0 aliphatic carbocycles. The van der Waals surface area contributed by atoms with E-state index in [1.54, 1.807) is 0 Å².